The summed E-state index contributed by atoms with van der Waals surface area (Å²) in [7, 11) is 0. The number of carbonyl (C=O) groups excluding carboxylic acids is 4. The minimum Gasteiger partial charge on any atom is -0.366 e. The largest absolute Gasteiger partial charge is 0.366 e. The second kappa shape index (κ2) is 7.38. The zero-order valence-corrected chi connectivity index (χ0v) is 15.6. The summed E-state index contributed by atoms with van der Waals surface area (Å²) in [6.45, 7) is 0.320. The van der Waals surface area contributed by atoms with Gasteiger partial charge in [0.2, 0.25) is 17.7 Å². The number of nitrogens with two attached hydrogens (primary N) is 1. The molecule has 2 aliphatic heterocycles. The molecule has 4 amide bonds. The van der Waals surface area contributed by atoms with Crippen LogP contribution in [0.3, 0.4) is 0 Å². The molecule has 2 heterocycles. The van der Waals surface area contributed by atoms with Crippen molar-refractivity contribution in [2.75, 3.05) is 23.3 Å². The number of rotatable bonds is 4. The van der Waals surface area contributed by atoms with Crippen LogP contribution in [0.25, 0.3) is 0 Å². The highest BCUT2D eigenvalue weighted by Gasteiger charge is 2.42. The number of para-hydroxylation sites is 1. The number of nitrogens with one attached hydrogen (secondary N) is 1. The first-order chi connectivity index (χ1) is 14.0. The van der Waals surface area contributed by atoms with Crippen molar-refractivity contribution in [3.05, 3.63) is 59.7 Å². The summed E-state index contributed by atoms with van der Waals surface area (Å²) in [5.41, 5.74) is 6.89. The van der Waals surface area contributed by atoms with Gasteiger partial charge in [0.25, 0.3) is 5.91 Å². The third kappa shape index (κ3) is 3.44. The molecular formula is C21H20N4O4. The fourth-order valence-corrected chi connectivity index (χ4v) is 3.83. The summed E-state index contributed by atoms with van der Waals surface area (Å²) in [5.74, 6) is -1.39. The Morgan fingerprint density at radius 2 is 1.79 bits per heavy atom. The number of benzene rings is 2. The Hall–Kier alpha value is -3.68. The molecule has 0 bridgehead atoms. The monoisotopic (exact) mass is 392 g/mol. The van der Waals surface area contributed by atoms with E-state index in [2.05, 4.69) is 5.32 Å². The number of anilines is 2. The fraction of sp³-hybridized carbons (Fsp3) is 0.238. The topological polar surface area (TPSA) is 113 Å². The van der Waals surface area contributed by atoms with Crippen molar-refractivity contribution in [2.45, 2.75) is 18.9 Å². The lowest BCUT2D eigenvalue weighted by molar-refractivity contribution is -0.124. The van der Waals surface area contributed by atoms with Gasteiger partial charge in [0.15, 0.2) is 0 Å². The van der Waals surface area contributed by atoms with Gasteiger partial charge >= 0.3 is 0 Å². The van der Waals surface area contributed by atoms with Crippen LogP contribution < -0.4 is 16.0 Å². The van der Waals surface area contributed by atoms with Crippen LogP contribution in [0.15, 0.2) is 48.5 Å². The molecule has 3 N–H and O–H groups in total. The van der Waals surface area contributed by atoms with Crippen LogP contribution in [0.2, 0.25) is 0 Å². The standard InChI is InChI=1S/C21H20N4O4/c22-19(27)13-7-9-14(10-8-13)23-18(26)12-25-16-5-2-1-4-15(16)20(28)24-11-3-6-17(24)21(25)29/h1-2,4-5,7-10,17H,3,6,11-12H2,(H2,22,27)(H,23,26)/t17-/m1/s1. The van der Waals surface area contributed by atoms with Gasteiger partial charge in [-0.05, 0) is 49.2 Å². The zero-order valence-electron chi connectivity index (χ0n) is 15.6. The molecule has 0 unspecified atom stereocenters. The first-order valence-corrected chi connectivity index (χ1v) is 9.37. The molecule has 148 valence electrons. The molecule has 4 rings (SSSR count). The molecule has 1 atom stereocenters. The highest BCUT2D eigenvalue weighted by Crippen LogP contribution is 2.32. The van der Waals surface area contributed by atoms with Crippen molar-refractivity contribution in [2.24, 2.45) is 5.73 Å². The maximum Gasteiger partial charge on any atom is 0.256 e. The Labute approximate surface area is 167 Å². The zero-order chi connectivity index (χ0) is 20.5. The highest BCUT2D eigenvalue weighted by atomic mass is 16.2. The summed E-state index contributed by atoms with van der Waals surface area (Å²) in [6, 6.07) is 12.5. The van der Waals surface area contributed by atoms with E-state index in [1.807, 2.05) is 0 Å². The van der Waals surface area contributed by atoms with E-state index in [1.54, 1.807) is 41.3 Å². The van der Waals surface area contributed by atoms with E-state index < -0.39 is 17.9 Å². The molecule has 2 aromatic carbocycles. The average Bonchev–Trinajstić information content (AvgIpc) is 3.19. The maximum absolute atomic E-state index is 13.1. The van der Waals surface area contributed by atoms with E-state index in [1.165, 1.54) is 17.0 Å². The van der Waals surface area contributed by atoms with Crippen LogP contribution >= 0.6 is 0 Å². The fourth-order valence-electron chi connectivity index (χ4n) is 3.83. The molecular weight excluding hydrogens is 372 g/mol. The third-order valence-electron chi connectivity index (χ3n) is 5.24. The second-order valence-electron chi connectivity index (χ2n) is 7.09. The Bertz CT molecular complexity index is 1000. The lowest BCUT2D eigenvalue weighted by atomic mass is 10.1. The molecule has 0 aliphatic carbocycles. The summed E-state index contributed by atoms with van der Waals surface area (Å²) in [6.07, 6.45) is 1.35. The number of amides is 4. The number of hydrogen-bond donors (Lipinski definition) is 2. The first kappa shape index (κ1) is 18.7. The number of fused-ring (bicyclic) bond motifs is 2. The Morgan fingerprint density at radius 1 is 1.07 bits per heavy atom. The summed E-state index contributed by atoms with van der Waals surface area (Å²) in [5, 5.41) is 2.71. The van der Waals surface area contributed by atoms with Crippen LogP contribution in [-0.4, -0.2) is 47.7 Å². The molecule has 0 radical (unpaired) electrons. The minimum atomic E-state index is -0.555. The molecule has 0 saturated carbocycles. The van der Waals surface area contributed by atoms with Crippen LogP contribution in [0.1, 0.15) is 33.6 Å². The summed E-state index contributed by atoms with van der Waals surface area (Å²) < 4.78 is 0. The Balaban J connectivity index is 1.58. The second-order valence-corrected chi connectivity index (χ2v) is 7.09. The highest BCUT2D eigenvalue weighted by molar-refractivity contribution is 6.13. The molecule has 29 heavy (non-hydrogen) atoms. The normalized spacial score (nSPS) is 18.1. The van der Waals surface area contributed by atoms with E-state index >= 15 is 0 Å². The molecule has 8 nitrogen and oxygen atoms in total. The van der Waals surface area contributed by atoms with Crippen molar-refractivity contribution in [3.8, 4) is 0 Å². The van der Waals surface area contributed by atoms with Gasteiger partial charge in [0.05, 0.1) is 11.3 Å². The van der Waals surface area contributed by atoms with E-state index in [-0.39, 0.29) is 18.4 Å². The molecule has 0 aromatic heterocycles. The van der Waals surface area contributed by atoms with Gasteiger partial charge in [0, 0.05) is 17.8 Å². The molecule has 8 heteroatoms. The lowest BCUT2D eigenvalue weighted by Gasteiger charge is -2.25. The molecule has 0 spiro atoms. The van der Waals surface area contributed by atoms with Gasteiger partial charge < -0.3 is 20.9 Å². The predicted octanol–water partition coefficient (Wildman–Crippen LogP) is 1.38. The van der Waals surface area contributed by atoms with Crippen molar-refractivity contribution in [3.63, 3.8) is 0 Å². The van der Waals surface area contributed by atoms with Crippen molar-refractivity contribution >= 4 is 35.0 Å². The Morgan fingerprint density at radius 3 is 2.52 bits per heavy atom. The smallest absolute Gasteiger partial charge is 0.256 e. The van der Waals surface area contributed by atoms with E-state index in [4.69, 9.17) is 5.73 Å². The minimum absolute atomic E-state index is 0.179. The summed E-state index contributed by atoms with van der Waals surface area (Å²) in [4.78, 5) is 52.8. The molecule has 2 aliphatic rings. The first-order valence-electron chi connectivity index (χ1n) is 9.37. The van der Waals surface area contributed by atoms with Gasteiger partial charge in [0.1, 0.15) is 12.6 Å². The SMILES string of the molecule is NC(=O)c1ccc(NC(=O)CN2C(=O)[C@H]3CCCN3C(=O)c3ccccc32)cc1. The number of hydrogen-bond acceptors (Lipinski definition) is 4. The molecule has 1 fully saturated rings. The van der Waals surface area contributed by atoms with Gasteiger partial charge in [-0.1, -0.05) is 12.1 Å². The lowest BCUT2D eigenvalue weighted by Crippen LogP contribution is -2.47. The van der Waals surface area contributed by atoms with Crippen LogP contribution in [0.5, 0.6) is 0 Å². The van der Waals surface area contributed by atoms with Crippen molar-refractivity contribution in [1.82, 2.24) is 4.90 Å². The molecule has 2 aromatic rings. The predicted molar refractivity (Wildman–Crippen MR) is 106 cm³/mol. The van der Waals surface area contributed by atoms with E-state index in [0.29, 0.717) is 35.5 Å². The number of nitrogens with zero attached hydrogens (tertiary/aromatic N) is 2. The van der Waals surface area contributed by atoms with Crippen LogP contribution in [-0.2, 0) is 9.59 Å². The van der Waals surface area contributed by atoms with Gasteiger partial charge in [-0.15, -0.1) is 0 Å². The van der Waals surface area contributed by atoms with E-state index in [9.17, 15) is 19.2 Å². The van der Waals surface area contributed by atoms with E-state index in [0.717, 1.165) is 6.42 Å². The number of carbonyl (C=O) groups is 4. The Kier molecular flexibility index (Phi) is 4.75. The quantitative estimate of drug-likeness (QED) is 0.818. The summed E-state index contributed by atoms with van der Waals surface area (Å²) >= 11 is 0. The van der Waals surface area contributed by atoms with Crippen LogP contribution in [0, 0.1) is 0 Å². The van der Waals surface area contributed by atoms with Gasteiger partial charge in [-0.3, -0.25) is 19.2 Å². The average molecular weight is 392 g/mol. The number of primary amides is 1. The van der Waals surface area contributed by atoms with Crippen LogP contribution in [0.4, 0.5) is 11.4 Å². The van der Waals surface area contributed by atoms with Crippen molar-refractivity contribution in [1.29, 1.82) is 0 Å². The third-order valence-corrected chi connectivity index (χ3v) is 5.24. The van der Waals surface area contributed by atoms with Crippen molar-refractivity contribution < 1.29 is 19.2 Å². The maximum atomic E-state index is 13.1. The van der Waals surface area contributed by atoms with Gasteiger partial charge in [-0.2, -0.15) is 0 Å². The molecule has 1 saturated heterocycles. The van der Waals surface area contributed by atoms with Gasteiger partial charge in [-0.25, -0.2) is 0 Å².